The van der Waals surface area contributed by atoms with E-state index in [1.54, 1.807) is 17.8 Å². The fourth-order valence-electron chi connectivity index (χ4n) is 3.96. The zero-order valence-corrected chi connectivity index (χ0v) is 22.4. The molecule has 0 fully saturated rings. The smallest absolute Gasteiger partial charge is 0.347 e. The fourth-order valence-corrected chi connectivity index (χ4v) is 6.58. The summed E-state index contributed by atoms with van der Waals surface area (Å²) in [6, 6.07) is 13.1. The topological polar surface area (TPSA) is 102 Å². The van der Waals surface area contributed by atoms with E-state index in [1.807, 2.05) is 19.9 Å². The van der Waals surface area contributed by atoms with E-state index >= 15 is 0 Å². The van der Waals surface area contributed by atoms with Crippen LogP contribution in [0.5, 0.6) is 0 Å². The van der Waals surface area contributed by atoms with Gasteiger partial charge in [-0.1, -0.05) is 26.0 Å². The van der Waals surface area contributed by atoms with Crippen LogP contribution in [-0.4, -0.2) is 18.6 Å². The van der Waals surface area contributed by atoms with Gasteiger partial charge in [-0.25, -0.2) is 11.1 Å². The van der Waals surface area contributed by atoms with Gasteiger partial charge in [-0.3, -0.25) is 4.79 Å². The lowest BCUT2D eigenvalue weighted by molar-refractivity contribution is -0.137. The van der Waals surface area contributed by atoms with Gasteiger partial charge >= 0.3 is 6.18 Å². The predicted molar refractivity (Wildman–Crippen MR) is 141 cm³/mol. The van der Waals surface area contributed by atoms with Gasteiger partial charge in [0.2, 0.25) is 0 Å². The van der Waals surface area contributed by atoms with Crippen LogP contribution in [0.25, 0.3) is 11.1 Å². The van der Waals surface area contributed by atoms with Crippen molar-refractivity contribution >= 4 is 29.0 Å². The molecule has 0 saturated heterocycles. The Morgan fingerprint density at radius 3 is 2.14 bits per heavy atom. The highest BCUT2D eigenvalue weighted by Crippen LogP contribution is 2.45. The van der Waals surface area contributed by atoms with E-state index in [2.05, 4.69) is 41.5 Å². The van der Waals surface area contributed by atoms with Crippen LogP contribution in [0.1, 0.15) is 50.3 Å². The molecule has 0 aliphatic rings. The Morgan fingerprint density at radius 1 is 1.03 bits per heavy atom. The summed E-state index contributed by atoms with van der Waals surface area (Å²) in [6.07, 6.45) is -5.28. The molecule has 1 aromatic heterocycles. The third-order valence-electron chi connectivity index (χ3n) is 5.75. The van der Waals surface area contributed by atoms with E-state index in [0.29, 0.717) is 4.88 Å². The summed E-state index contributed by atoms with van der Waals surface area (Å²) < 4.78 is 38.9. The number of aryl methyl sites for hydroxylation is 2. The summed E-state index contributed by atoms with van der Waals surface area (Å²) in [5.41, 5.74) is 16.9. The molecule has 11 heteroatoms. The molecule has 0 spiro atoms. The molecular weight excluding hydrogens is 519 g/mol. The molecule has 3 aromatic rings. The molecule has 3 N–H and O–H groups in total. The minimum absolute atomic E-state index is 0.00867. The normalized spacial score (nSPS) is 13.3. The van der Waals surface area contributed by atoms with Crippen LogP contribution < -0.4 is 5.32 Å². The van der Waals surface area contributed by atoms with Crippen molar-refractivity contribution in [1.29, 1.82) is 11.1 Å². The molecule has 0 bridgehead atoms. The van der Waals surface area contributed by atoms with E-state index in [9.17, 15) is 18.0 Å². The quantitative estimate of drug-likeness (QED) is 0.175. The minimum atomic E-state index is -4.37. The SMILES string of the molecule is Cc1cc(SC(c2ccc(C(=O)NCC(N=N)N=N)s2)C(C)C)cc(C)c1-c1ccc(C(F)(F)F)cc1. The molecule has 1 unspecified atom stereocenters. The average Bonchev–Trinajstić information content (AvgIpc) is 3.32. The summed E-state index contributed by atoms with van der Waals surface area (Å²) in [5.74, 6) is -0.0305. The second-order valence-corrected chi connectivity index (χ2v) is 11.3. The first-order valence-electron chi connectivity index (χ1n) is 11.5. The Morgan fingerprint density at radius 2 is 1.62 bits per heavy atom. The molecule has 1 heterocycles. The summed E-state index contributed by atoms with van der Waals surface area (Å²) >= 11 is 3.08. The van der Waals surface area contributed by atoms with Gasteiger partial charge < -0.3 is 5.32 Å². The van der Waals surface area contributed by atoms with Gasteiger partial charge in [-0.05, 0) is 78.4 Å². The fraction of sp³-hybridized carbons (Fsp3) is 0.346. The van der Waals surface area contributed by atoms with Crippen LogP contribution in [0.3, 0.4) is 0 Å². The second-order valence-electron chi connectivity index (χ2n) is 8.94. The number of rotatable bonds is 10. The number of nitrogens with zero attached hydrogens (tertiary/aromatic N) is 2. The molecule has 37 heavy (non-hydrogen) atoms. The molecular formula is C26H28F3N5OS2. The molecule has 196 valence electrons. The lowest BCUT2D eigenvalue weighted by Crippen LogP contribution is -2.29. The molecule has 2 aromatic carbocycles. The summed E-state index contributed by atoms with van der Waals surface area (Å²) in [7, 11) is 0. The highest BCUT2D eigenvalue weighted by molar-refractivity contribution is 7.99. The maximum Gasteiger partial charge on any atom is 0.416 e. The largest absolute Gasteiger partial charge is 0.416 e. The Labute approximate surface area is 222 Å². The number of nitrogens with one attached hydrogen (secondary N) is 3. The van der Waals surface area contributed by atoms with Crippen LogP contribution in [0.15, 0.2) is 63.7 Å². The first-order chi connectivity index (χ1) is 17.4. The molecule has 1 atom stereocenters. The van der Waals surface area contributed by atoms with Crippen LogP contribution in [-0.2, 0) is 6.18 Å². The maximum absolute atomic E-state index is 13.0. The van der Waals surface area contributed by atoms with Crippen molar-refractivity contribution in [3.63, 3.8) is 0 Å². The number of hydrogen-bond acceptors (Lipinski definition) is 7. The number of carbonyl (C=O) groups is 1. The Kier molecular flexibility index (Phi) is 9.25. The van der Waals surface area contributed by atoms with E-state index in [1.165, 1.54) is 23.5 Å². The molecule has 0 radical (unpaired) electrons. The molecule has 6 nitrogen and oxygen atoms in total. The van der Waals surface area contributed by atoms with Gasteiger partial charge in [0.05, 0.1) is 17.0 Å². The van der Waals surface area contributed by atoms with E-state index < -0.39 is 17.9 Å². The number of amides is 1. The number of hydrogen-bond donors (Lipinski definition) is 3. The molecule has 0 saturated carbocycles. The number of alkyl halides is 3. The Hall–Kier alpha value is -3.05. The lowest BCUT2D eigenvalue weighted by atomic mass is 9.95. The van der Waals surface area contributed by atoms with E-state index in [4.69, 9.17) is 11.1 Å². The van der Waals surface area contributed by atoms with Gasteiger partial charge in [0, 0.05) is 15.0 Å². The zero-order chi connectivity index (χ0) is 27.3. The number of halogens is 3. The standard InChI is InChI=1S/C26H28F3N5OS2/c1-14(2)24(20-9-10-21(37-20)25(35)32-13-22(33-30)34-31)36-19-11-15(3)23(16(4)12-19)17-5-7-18(8-6-17)26(27,28)29/h5-12,14,22,24,30-31H,13H2,1-4H3,(H,32,35). The van der Waals surface area contributed by atoms with E-state index in [0.717, 1.165) is 44.2 Å². The maximum atomic E-state index is 13.0. The average molecular weight is 548 g/mol. The second kappa shape index (κ2) is 12.0. The first kappa shape index (κ1) is 28.5. The number of thioether (sulfide) groups is 1. The number of benzene rings is 2. The molecule has 1 amide bonds. The highest BCUT2D eigenvalue weighted by Gasteiger charge is 2.30. The van der Waals surface area contributed by atoms with Crippen molar-refractivity contribution in [3.05, 3.63) is 75.0 Å². The lowest BCUT2D eigenvalue weighted by Gasteiger charge is -2.21. The van der Waals surface area contributed by atoms with Gasteiger partial charge in [0.1, 0.15) is 0 Å². The predicted octanol–water partition coefficient (Wildman–Crippen LogP) is 8.66. The van der Waals surface area contributed by atoms with Crippen molar-refractivity contribution < 1.29 is 18.0 Å². The van der Waals surface area contributed by atoms with Crippen molar-refractivity contribution in [2.75, 3.05) is 6.54 Å². The van der Waals surface area contributed by atoms with Crippen molar-refractivity contribution in [1.82, 2.24) is 5.32 Å². The van der Waals surface area contributed by atoms with Crippen molar-refractivity contribution in [2.24, 2.45) is 16.1 Å². The monoisotopic (exact) mass is 547 g/mol. The van der Waals surface area contributed by atoms with Gasteiger partial charge in [0.15, 0.2) is 6.17 Å². The number of thiophene rings is 1. The van der Waals surface area contributed by atoms with Gasteiger partial charge in [-0.15, -0.1) is 23.1 Å². The summed E-state index contributed by atoms with van der Waals surface area (Å²) in [4.78, 5) is 15.1. The van der Waals surface area contributed by atoms with Crippen molar-refractivity contribution in [3.8, 4) is 11.1 Å². The minimum Gasteiger partial charge on any atom is -0.347 e. The molecule has 0 aliphatic heterocycles. The summed E-state index contributed by atoms with van der Waals surface area (Å²) in [5, 5.41) is 9.07. The molecule has 3 rings (SSSR count). The van der Waals surface area contributed by atoms with Gasteiger partial charge in [-0.2, -0.15) is 23.4 Å². The van der Waals surface area contributed by atoms with Crippen LogP contribution in [0.2, 0.25) is 0 Å². The third-order valence-corrected chi connectivity index (χ3v) is 8.63. The van der Waals surface area contributed by atoms with Crippen LogP contribution in [0, 0.1) is 30.8 Å². The summed E-state index contributed by atoms with van der Waals surface area (Å²) in [6.45, 7) is 8.14. The zero-order valence-electron chi connectivity index (χ0n) is 20.8. The van der Waals surface area contributed by atoms with E-state index in [-0.39, 0.29) is 23.6 Å². The third kappa shape index (κ3) is 7.04. The highest BCUT2D eigenvalue weighted by atomic mass is 32.2. The Balaban J connectivity index is 1.80. The van der Waals surface area contributed by atoms with Gasteiger partial charge in [0.25, 0.3) is 5.91 Å². The Bertz CT molecular complexity index is 1240. The number of carbonyl (C=O) groups excluding carboxylic acids is 1. The first-order valence-corrected chi connectivity index (χ1v) is 13.2. The molecule has 0 aliphatic carbocycles. The van der Waals surface area contributed by atoms with Crippen molar-refractivity contribution in [2.45, 2.75) is 50.2 Å². The van der Waals surface area contributed by atoms with Crippen LogP contribution >= 0.6 is 23.1 Å². The van der Waals surface area contributed by atoms with Crippen LogP contribution in [0.4, 0.5) is 13.2 Å².